The van der Waals surface area contributed by atoms with Crippen molar-refractivity contribution in [2.24, 2.45) is 5.41 Å². The molecule has 0 amide bonds. The maximum Gasteiger partial charge on any atom is 0.320 e. The summed E-state index contributed by atoms with van der Waals surface area (Å²) >= 11 is 0. The van der Waals surface area contributed by atoms with Crippen LogP contribution >= 0.6 is 0 Å². The van der Waals surface area contributed by atoms with Crippen molar-refractivity contribution >= 4 is 17.5 Å². The van der Waals surface area contributed by atoms with E-state index in [4.69, 9.17) is 4.74 Å². The fraction of sp³-hybridized carbons (Fsp3) is 0.160. The van der Waals surface area contributed by atoms with E-state index in [1.807, 2.05) is 30.3 Å². The number of carbonyl (C=O) groups excluding carboxylic acids is 3. The Kier molecular flexibility index (Phi) is 6.35. The molecule has 0 radical (unpaired) electrons. The molecular weight excluding hydrogens is 364 g/mol. The predicted molar refractivity (Wildman–Crippen MR) is 111 cm³/mol. The van der Waals surface area contributed by atoms with Crippen molar-refractivity contribution in [1.29, 1.82) is 0 Å². The molecule has 0 spiro atoms. The van der Waals surface area contributed by atoms with Gasteiger partial charge in [0, 0.05) is 17.5 Å². The number of benzene rings is 3. The van der Waals surface area contributed by atoms with Gasteiger partial charge >= 0.3 is 5.97 Å². The highest BCUT2D eigenvalue weighted by atomic mass is 16.5. The molecule has 0 aromatic heterocycles. The summed E-state index contributed by atoms with van der Waals surface area (Å²) in [6, 6.07) is 26.4. The van der Waals surface area contributed by atoms with Crippen LogP contribution in [0, 0.1) is 5.41 Å². The summed E-state index contributed by atoms with van der Waals surface area (Å²) in [5.41, 5.74) is 0.0102. The van der Waals surface area contributed by atoms with Crippen LogP contribution in [-0.2, 0) is 16.1 Å². The Balaban J connectivity index is 1.86. The zero-order valence-corrected chi connectivity index (χ0v) is 16.2. The number of hydrogen-bond acceptors (Lipinski definition) is 4. The Morgan fingerprint density at radius 3 is 1.76 bits per heavy atom. The number of ether oxygens (including phenoxy) is 1. The molecule has 3 aromatic rings. The summed E-state index contributed by atoms with van der Waals surface area (Å²) in [5.74, 6) is -1.42. The fourth-order valence-electron chi connectivity index (χ4n) is 3.08. The fourth-order valence-corrected chi connectivity index (χ4v) is 3.08. The minimum atomic E-state index is -1.62. The maximum atomic E-state index is 13.2. The topological polar surface area (TPSA) is 60.4 Å². The number of carbonyl (C=O) groups is 3. The first-order valence-corrected chi connectivity index (χ1v) is 9.40. The quantitative estimate of drug-likeness (QED) is 0.314. The van der Waals surface area contributed by atoms with Gasteiger partial charge in [-0.15, -0.1) is 0 Å². The Labute approximate surface area is 170 Å². The summed E-state index contributed by atoms with van der Waals surface area (Å²) in [4.78, 5) is 39.1. The minimum Gasteiger partial charge on any atom is -0.460 e. The van der Waals surface area contributed by atoms with Crippen LogP contribution < -0.4 is 0 Å². The van der Waals surface area contributed by atoms with Gasteiger partial charge in [0.25, 0.3) is 0 Å². The largest absolute Gasteiger partial charge is 0.460 e. The molecular formula is C25H22O4. The molecule has 1 atom stereocenters. The van der Waals surface area contributed by atoms with Crippen LogP contribution in [0.1, 0.15) is 39.6 Å². The molecule has 0 bridgehead atoms. The van der Waals surface area contributed by atoms with Crippen LogP contribution in [0.3, 0.4) is 0 Å². The highest BCUT2D eigenvalue weighted by molar-refractivity contribution is 6.15. The monoisotopic (exact) mass is 386 g/mol. The van der Waals surface area contributed by atoms with Crippen LogP contribution in [0.2, 0.25) is 0 Å². The van der Waals surface area contributed by atoms with Gasteiger partial charge < -0.3 is 4.74 Å². The standard InChI is InChI=1S/C25H22O4/c1-25(23(27)21-15-9-4-10-16-21,17-22(26)20-13-7-3-8-14-20)24(28)29-18-19-11-5-2-6-12-19/h2-16H,17-18H2,1H3. The van der Waals surface area contributed by atoms with Crippen molar-refractivity contribution in [1.82, 2.24) is 0 Å². The Morgan fingerprint density at radius 2 is 1.21 bits per heavy atom. The Bertz CT molecular complexity index is 981. The lowest BCUT2D eigenvalue weighted by molar-refractivity contribution is -0.153. The number of ketones is 2. The zero-order chi connectivity index (χ0) is 20.7. The Hall–Kier alpha value is -3.53. The predicted octanol–water partition coefficient (Wildman–Crippen LogP) is 4.89. The lowest BCUT2D eigenvalue weighted by Crippen LogP contribution is -2.40. The third-order valence-corrected chi connectivity index (χ3v) is 4.81. The smallest absolute Gasteiger partial charge is 0.320 e. The molecule has 0 aliphatic carbocycles. The van der Waals surface area contributed by atoms with E-state index in [-0.39, 0.29) is 18.8 Å². The summed E-state index contributed by atoms with van der Waals surface area (Å²) in [6.45, 7) is 1.52. The Morgan fingerprint density at radius 1 is 0.724 bits per heavy atom. The van der Waals surface area contributed by atoms with Crippen LogP contribution in [0.25, 0.3) is 0 Å². The minimum absolute atomic E-state index is 0.0386. The SMILES string of the molecule is CC(CC(=O)c1ccccc1)(C(=O)OCc1ccccc1)C(=O)c1ccccc1. The summed E-state index contributed by atoms with van der Waals surface area (Å²) in [6.07, 6.45) is -0.266. The van der Waals surface area contributed by atoms with E-state index in [1.165, 1.54) is 6.92 Å². The van der Waals surface area contributed by atoms with Crippen molar-refractivity contribution < 1.29 is 19.1 Å². The second kappa shape index (κ2) is 9.11. The van der Waals surface area contributed by atoms with Crippen molar-refractivity contribution in [3.63, 3.8) is 0 Å². The molecule has 0 fully saturated rings. The molecule has 29 heavy (non-hydrogen) atoms. The van der Waals surface area contributed by atoms with Gasteiger partial charge in [0.05, 0.1) is 0 Å². The van der Waals surface area contributed by atoms with E-state index in [9.17, 15) is 14.4 Å². The van der Waals surface area contributed by atoms with Crippen LogP contribution in [0.15, 0.2) is 91.0 Å². The first-order chi connectivity index (χ1) is 14.0. The number of esters is 1. The van der Waals surface area contributed by atoms with Crippen molar-refractivity contribution in [2.45, 2.75) is 20.0 Å². The molecule has 0 saturated carbocycles. The molecule has 3 aromatic carbocycles. The lowest BCUT2D eigenvalue weighted by Gasteiger charge is -2.25. The molecule has 0 aliphatic heterocycles. The third kappa shape index (κ3) is 4.85. The van der Waals surface area contributed by atoms with E-state index in [0.717, 1.165) is 5.56 Å². The molecule has 4 heteroatoms. The van der Waals surface area contributed by atoms with Gasteiger partial charge in [0.1, 0.15) is 12.0 Å². The van der Waals surface area contributed by atoms with Crippen LogP contribution in [0.4, 0.5) is 0 Å². The first-order valence-electron chi connectivity index (χ1n) is 9.40. The molecule has 0 heterocycles. The summed E-state index contributed by atoms with van der Waals surface area (Å²) in [5, 5.41) is 0. The van der Waals surface area contributed by atoms with E-state index < -0.39 is 17.2 Å². The number of hydrogen-bond donors (Lipinski definition) is 0. The molecule has 0 saturated heterocycles. The number of rotatable bonds is 8. The first kappa shape index (κ1) is 20.2. The highest BCUT2D eigenvalue weighted by Gasteiger charge is 2.45. The van der Waals surface area contributed by atoms with Crippen molar-refractivity contribution in [3.05, 3.63) is 108 Å². The van der Waals surface area contributed by atoms with Crippen molar-refractivity contribution in [3.8, 4) is 0 Å². The lowest BCUT2D eigenvalue weighted by atomic mass is 9.77. The average molecular weight is 386 g/mol. The van der Waals surface area contributed by atoms with E-state index in [0.29, 0.717) is 11.1 Å². The van der Waals surface area contributed by atoms with Gasteiger partial charge in [-0.3, -0.25) is 14.4 Å². The van der Waals surface area contributed by atoms with E-state index in [2.05, 4.69) is 0 Å². The molecule has 4 nitrogen and oxygen atoms in total. The summed E-state index contributed by atoms with van der Waals surface area (Å²) in [7, 11) is 0. The van der Waals surface area contributed by atoms with Gasteiger partial charge in [0.15, 0.2) is 11.6 Å². The molecule has 146 valence electrons. The highest BCUT2D eigenvalue weighted by Crippen LogP contribution is 2.31. The molecule has 1 unspecified atom stereocenters. The second-order valence-corrected chi connectivity index (χ2v) is 7.05. The van der Waals surface area contributed by atoms with E-state index in [1.54, 1.807) is 60.7 Å². The van der Waals surface area contributed by atoms with Crippen LogP contribution in [-0.4, -0.2) is 17.5 Å². The van der Waals surface area contributed by atoms with Gasteiger partial charge in [-0.05, 0) is 12.5 Å². The van der Waals surface area contributed by atoms with Crippen LogP contribution in [0.5, 0.6) is 0 Å². The number of Topliss-reactive ketones (excluding diaryl/α,β-unsaturated/α-hetero) is 2. The zero-order valence-electron chi connectivity index (χ0n) is 16.2. The van der Waals surface area contributed by atoms with E-state index >= 15 is 0 Å². The second-order valence-electron chi connectivity index (χ2n) is 7.05. The van der Waals surface area contributed by atoms with Crippen molar-refractivity contribution in [2.75, 3.05) is 0 Å². The third-order valence-electron chi connectivity index (χ3n) is 4.81. The van der Waals surface area contributed by atoms with Gasteiger partial charge in [-0.25, -0.2) is 0 Å². The average Bonchev–Trinajstić information content (AvgIpc) is 2.78. The molecule has 3 rings (SSSR count). The molecule has 0 N–H and O–H groups in total. The molecule has 0 aliphatic rings. The summed E-state index contributed by atoms with van der Waals surface area (Å²) < 4.78 is 5.46. The van der Waals surface area contributed by atoms with Gasteiger partial charge in [0.2, 0.25) is 0 Å². The van der Waals surface area contributed by atoms with Gasteiger partial charge in [-0.1, -0.05) is 91.0 Å². The maximum absolute atomic E-state index is 13.2. The van der Waals surface area contributed by atoms with Gasteiger partial charge in [-0.2, -0.15) is 0 Å². The normalized spacial score (nSPS) is 12.6.